The highest BCUT2D eigenvalue weighted by atomic mass is 16.5. The first-order valence-electron chi connectivity index (χ1n) is 6.85. The fraction of sp³-hybridized carbons (Fsp3) is 0.467. The van der Waals surface area contributed by atoms with Crippen LogP contribution in [0.1, 0.15) is 29.6 Å². The van der Waals surface area contributed by atoms with Crippen LogP contribution in [0.15, 0.2) is 18.2 Å². The largest absolute Gasteiger partial charge is 0.495 e. The molecule has 20 heavy (non-hydrogen) atoms. The van der Waals surface area contributed by atoms with Gasteiger partial charge in [0, 0.05) is 25.1 Å². The molecule has 1 aromatic rings. The first-order valence-corrected chi connectivity index (χ1v) is 6.85. The van der Waals surface area contributed by atoms with Gasteiger partial charge in [-0.25, -0.2) is 0 Å². The predicted molar refractivity (Wildman–Crippen MR) is 73.3 cm³/mol. The number of nitrogens with zero attached hydrogens (tertiary/aromatic N) is 1. The van der Waals surface area contributed by atoms with E-state index in [9.17, 15) is 9.59 Å². The molecule has 1 fully saturated rings. The average Bonchev–Trinajstić information content (AvgIpc) is 3.01. The first-order chi connectivity index (χ1) is 9.72. The number of carbonyl (C=O) groups is 2. The third kappa shape index (κ3) is 2.08. The number of hydrogen-bond donors (Lipinski definition) is 0. The van der Waals surface area contributed by atoms with Gasteiger partial charge < -0.3 is 14.4 Å². The maximum Gasteiger partial charge on any atom is 0.256 e. The highest BCUT2D eigenvalue weighted by Crippen LogP contribution is 2.37. The summed E-state index contributed by atoms with van der Waals surface area (Å²) in [6, 6.07) is 5.29. The topological polar surface area (TPSA) is 55.8 Å². The van der Waals surface area contributed by atoms with Gasteiger partial charge in [-0.2, -0.15) is 0 Å². The van der Waals surface area contributed by atoms with Crippen molar-refractivity contribution in [3.05, 3.63) is 23.8 Å². The Hall–Kier alpha value is -1.88. The van der Waals surface area contributed by atoms with Crippen molar-refractivity contribution >= 4 is 17.4 Å². The van der Waals surface area contributed by atoms with Gasteiger partial charge in [0.1, 0.15) is 11.9 Å². The summed E-state index contributed by atoms with van der Waals surface area (Å²) in [7, 11) is 1.55. The van der Waals surface area contributed by atoms with Crippen LogP contribution in [0.25, 0.3) is 0 Å². The Balaban J connectivity index is 2.00. The molecular formula is C15H17NO4. The van der Waals surface area contributed by atoms with Gasteiger partial charge in [-0.15, -0.1) is 0 Å². The molecular weight excluding hydrogens is 258 g/mol. The molecule has 2 heterocycles. The summed E-state index contributed by atoms with van der Waals surface area (Å²) in [6.45, 7) is 1.02. The van der Waals surface area contributed by atoms with Crippen LogP contribution >= 0.6 is 0 Å². The molecule has 0 bridgehead atoms. The number of ketones is 1. The molecule has 0 aliphatic carbocycles. The molecule has 0 N–H and O–H groups in total. The minimum absolute atomic E-state index is 0.0512. The molecule has 1 unspecified atom stereocenters. The summed E-state index contributed by atoms with van der Waals surface area (Å²) in [5, 5.41) is 0. The number of methoxy groups -OCH3 is 1. The number of benzene rings is 1. The second-order valence-corrected chi connectivity index (χ2v) is 5.02. The number of amides is 1. The quantitative estimate of drug-likeness (QED) is 0.825. The van der Waals surface area contributed by atoms with E-state index in [4.69, 9.17) is 9.47 Å². The summed E-state index contributed by atoms with van der Waals surface area (Å²) < 4.78 is 10.8. The van der Waals surface area contributed by atoms with Crippen molar-refractivity contribution in [3.63, 3.8) is 0 Å². The monoisotopic (exact) mass is 275 g/mol. The number of fused-ring (bicyclic) bond motifs is 1. The molecule has 106 valence electrons. The van der Waals surface area contributed by atoms with E-state index in [1.165, 1.54) is 0 Å². The lowest BCUT2D eigenvalue weighted by Gasteiger charge is -2.31. The predicted octanol–water partition coefficient (Wildman–Crippen LogP) is 1.79. The summed E-state index contributed by atoms with van der Waals surface area (Å²) in [6.07, 6.45) is 1.61. The molecule has 1 saturated heterocycles. The van der Waals surface area contributed by atoms with E-state index in [1.54, 1.807) is 30.2 Å². The van der Waals surface area contributed by atoms with Crippen LogP contribution in [-0.2, 0) is 9.53 Å². The number of carbonyl (C=O) groups excluding carboxylic acids is 2. The van der Waals surface area contributed by atoms with Crippen molar-refractivity contribution < 1.29 is 19.1 Å². The molecule has 3 rings (SSSR count). The van der Waals surface area contributed by atoms with Gasteiger partial charge in [-0.3, -0.25) is 9.59 Å². The van der Waals surface area contributed by atoms with E-state index in [-0.39, 0.29) is 17.8 Å². The zero-order valence-electron chi connectivity index (χ0n) is 11.4. The number of ether oxygens (including phenoxy) is 2. The van der Waals surface area contributed by atoms with Crippen molar-refractivity contribution in [1.29, 1.82) is 0 Å². The fourth-order valence-corrected chi connectivity index (χ4v) is 2.82. The molecule has 1 amide bonds. The zero-order chi connectivity index (χ0) is 14.1. The molecule has 5 heteroatoms. The van der Waals surface area contributed by atoms with Gasteiger partial charge in [-0.05, 0) is 25.0 Å². The highest BCUT2D eigenvalue weighted by molar-refractivity contribution is 6.11. The van der Waals surface area contributed by atoms with Gasteiger partial charge in [0.2, 0.25) is 0 Å². The molecule has 1 aromatic carbocycles. The molecule has 2 aliphatic heterocycles. The van der Waals surface area contributed by atoms with E-state index >= 15 is 0 Å². The summed E-state index contributed by atoms with van der Waals surface area (Å²) in [5.74, 6) is 0.540. The van der Waals surface area contributed by atoms with E-state index in [1.807, 2.05) is 0 Å². The van der Waals surface area contributed by atoms with Crippen molar-refractivity contribution in [2.45, 2.75) is 25.4 Å². The average molecular weight is 275 g/mol. The van der Waals surface area contributed by atoms with Crippen molar-refractivity contribution in [3.8, 4) is 5.75 Å². The standard InChI is InChI=1S/C15H17NO4/c1-19-12-5-2-4-10-11(17)7-8-16(14(10)12)15(18)13-6-3-9-20-13/h2,4-5,13H,3,6-9H2,1H3. The van der Waals surface area contributed by atoms with E-state index < -0.39 is 0 Å². The first kappa shape index (κ1) is 13.1. The second kappa shape index (κ2) is 5.25. The van der Waals surface area contributed by atoms with Gasteiger partial charge in [0.25, 0.3) is 5.91 Å². The van der Waals surface area contributed by atoms with Crippen LogP contribution in [0.2, 0.25) is 0 Å². The Bertz CT molecular complexity index is 549. The minimum Gasteiger partial charge on any atom is -0.495 e. The van der Waals surface area contributed by atoms with Gasteiger partial charge in [0.05, 0.1) is 12.8 Å². The lowest BCUT2D eigenvalue weighted by atomic mass is 9.99. The summed E-state index contributed by atoms with van der Waals surface area (Å²) >= 11 is 0. The van der Waals surface area contributed by atoms with Crippen LogP contribution in [0.4, 0.5) is 5.69 Å². The number of hydrogen-bond acceptors (Lipinski definition) is 4. The highest BCUT2D eigenvalue weighted by Gasteiger charge is 2.35. The third-order valence-electron chi connectivity index (χ3n) is 3.82. The Labute approximate surface area is 117 Å². The van der Waals surface area contributed by atoms with E-state index in [0.29, 0.717) is 36.6 Å². The minimum atomic E-state index is -0.388. The van der Waals surface area contributed by atoms with Crippen molar-refractivity contribution in [2.75, 3.05) is 25.2 Å². The summed E-state index contributed by atoms with van der Waals surface area (Å²) in [4.78, 5) is 26.2. The molecule has 0 aromatic heterocycles. The molecule has 2 aliphatic rings. The molecule has 5 nitrogen and oxygen atoms in total. The van der Waals surface area contributed by atoms with Crippen LogP contribution in [0, 0.1) is 0 Å². The van der Waals surface area contributed by atoms with Gasteiger partial charge in [0.15, 0.2) is 5.78 Å². The van der Waals surface area contributed by atoms with Crippen LogP contribution < -0.4 is 9.64 Å². The lowest BCUT2D eigenvalue weighted by molar-refractivity contribution is -0.127. The molecule has 0 spiro atoms. The Morgan fingerprint density at radius 3 is 3.00 bits per heavy atom. The van der Waals surface area contributed by atoms with Gasteiger partial charge in [-0.1, -0.05) is 6.07 Å². The molecule has 1 atom stereocenters. The third-order valence-corrected chi connectivity index (χ3v) is 3.82. The normalized spacial score (nSPS) is 21.8. The Kier molecular flexibility index (Phi) is 3.44. The number of rotatable bonds is 2. The maximum atomic E-state index is 12.6. The number of para-hydroxylation sites is 1. The SMILES string of the molecule is COc1cccc2c1N(C(=O)C1CCCO1)CCC2=O. The van der Waals surface area contributed by atoms with E-state index in [2.05, 4.69) is 0 Å². The molecule has 0 radical (unpaired) electrons. The Morgan fingerprint density at radius 1 is 1.45 bits per heavy atom. The Morgan fingerprint density at radius 2 is 2.30 bits per heavy atom. The smallest absolute Gasteiger partial charge is 0.256 e. The molecule has 0 saturated carbocycles. The van der Waals surface area contributed by atoms with Crippen LogP contribution in [0.5, 0.6) is 5.75 Å². The fourth-order valence-electron chi connectivity index (χ4n) is 2.82. The lowest BCUT2D eigenvalue weighted by Crippen LogP contribution is -2.43. The number of Topliss-reactive ketones (excluding diaryl/α,β-unsaturated/α-hetero) is 1. The zero-order valence-corrected chi connectivity index (χ0v) is 11.4. The van der Waals surface area contributed by atoms with Crippen LogP contribution in [0.3, 0.4) is 0 Å². The summed E-state index contributed by atoms with van der Waals surface area (Å²) in [5.41, 5.74) is 1.15. The second-order valence-electron chi connectivity index (χ2n) is 5.02. The van der Waals surface area contributed by atoms with E-state index in [0.717, 1.165) is 12.8 Å². The van der Waals surface area contributed by atoms with Crippen LogP contribution in [-0.4, -0.2) is 38.1 Å². The van der Waals surface area contributed by atoms with Gasteiger partial charge >= 0.3 is 0 Å². The maximum absolute atomic E-state index is 12.6. The van der Waals surface area contributed by atoms with Crippen molar-refractivity contribution in [1.82, 2.24) is 0 Å². The van der Waals surface area contributed by atoms with Crippen molar-refractivity contribution in [2.24, 2.45) is 0 Å². The number of anilines is 1.